The van der Waals surface area contributed by atoms with E-state index in [0.717, 1.165) is 31.4 Å². The molecule has 94 valence electrons. The van der Waals surface area contributed by atoms with Gasteiger partial charge in [-0.2, -0.15) is 0 Å². The summed E-state index contributed by atoms with van der Waals surface area (Å²) >= 11 is 6.03. The number of benzene rings is 1. The summed E-state index contributed by atoms with van der Waals surface area (Å²) in [5.41, 5.74) is 0.364. The molecule has 0 amide bonds. The van der Waals surface area contributed by atoms with Crippen molar-refractivity contribution in [3.63, 3.8) is 0 Å². The van der Waals surface area contributed by atoms with E-state index in [1.54, 1.807) is 7.11 Å². The van der Waals surface area contributed by atoms with Gasteiger partial charge in [-0.15, -0.1) is 0 Å². The van der Waals surface area contributed by atoms with Crippen LogP contribution in [0.3, 0.4) is 0 Å². The number of nitrogens with one attached hydrogen (secondary N) is 1. The molecule has 1 saturated carbocycles. The molecule has 2 N–H and O–H groups in total. The zero-order valence-electron chi connectivity index (χ0n) is 10.0. The molecule has 3 nitrogen and oxygen atoms in total. The van der Waals surface area contributed by atoms with Crippen LogP contribution in [-0.4, -0.2) is 24.4 Å². The SMILES string of the molecule is COc1ccc(NCC2(O)CCCC2)cc1Cl. The fourth-order valence-corrected chi connectivity index (χ4v) is 2.51. The van der Waals surface area contributed by atoms with Gasteiger partial charge in [-0.1, -0.05) is 24.4 Å². The van der Waals surface area contributed by atoms with Gasteiger partial charge in [0.05, 0.1) is 17.7 Å². The van der Waals surface area contributed by atoms with Crippen LogP contribution in [0.5, 0.6) is 5.75 Å². The number of halogens is 1. The highest BCUT2D eigenvalue weighted by molar-refractivity contribution is 6.32. The molecule has 0 radical (unpaired) electrons. The molecule has 1 aromatic carbocycles. The Hall–Kier alpha value is -0.930. The molecule has 4 heteroatoms. The lowest BCUT2D eigenvalue weighted by molar-refractivity contribution is 0.0615. The number of hydrogen-bond acceptors (Lipinski definition) is 3. The van der Waals surface area contributed by atoms with Gasteiger partial charge in [0.1, 0.15) is 5.75 Å². The van der Waals surface area contributed by atoms with Gasteiger partial charge in [0.25, 0.3) is 0 Å². The van der Waals surface area contributed by atoms with E-state index < -0.39 is 5.60 Å². The summed E-state index contributed by atoms with van der Waals surface area (Å²) in [7, 11) is 1.59. The molecule has 0 spiro atoms. The van der Waals surface area contributed by atoms with Crippen LogP contribution in [0.4, 0.5) is 5.69 Å². The second-order valence-corrected chi connectivity index (χ2v) is 5.04. The summed E-state index contributed by atoms with van der Waals surface area (Å²) in [6, 6.07) is 5.55. The Labute approximate surface area is 107 Å². The predicted molar refractivity (Wildman–Crippen MR) is 69.9 cm³/mol. The van der Waals surface area contributed by atoms with Crippen molar-refractivity contribution >= 4 is 17.3 Å². The highest BCUT2D eigenvalue weighted by Crippen LogP contribution is 2.31. The minimum atomic E-state index is -0.549. The van der Waals surface area contributed by atoms with Crippen molar-refractivity contribution in [3.8, 4) is 5.75 Å². The van der Waals surface area contributed by atoms with E-state index in [4.69, 9.17) is 16.3 Å². The molecular formula is C13H18ClNO2. The third kappa shape index (κ3) is 3.05. The quantitative estimate of drug-likeness (QED) is 0.869. The Bertz CT molecular complexity index is 389. The Kier molecular flexibility index (Phi) is 3.79. The number of ether oxygens (including phenoxy) is 1. The lowest BCUT2D eigenvalue weighted by Gasteiger charge is -2.23. The lowest BCUT2D eigenvalue weighted by atomic mass is 10.0. The van der Waals surface area contributed by atoms with Crippen molar-refractivity contribution in [1.82, 2.24) is 0 Å². The van der Waals surface area contributed by atoms with Crippen molar-refractivity contribution in [2.45, 2.75) is 31.3 Å². The number of hydrogen-bond donors (Lipinski definition) is 2. The van der Waals surface area contributed by atoms with Crippen LogP contribution in [-0.2, 0) is 0 Å². The number of rotatable bonds is 4. The topological polar surface area (TPSA) is 41.5 Å². The summed E-state index contributed by atoms with van der Waals surface area (Å²) in [5.74, 6) is 0.664. The molecule has 1 aliphatic carbocycles. The van der Waals surface area contributed by atoms with Crippen LogP contribution in [0.1, 0.15) is 25.7 Å². The molecule has 0 unspecified atom stereocenters. The summed E-state index contributed by atoms with van der Waals surface area (Å²) < 4.78 is 5.09. The fraction of sp³-hybridized carbons (Fsp3) is 0.538. The average molecular weight is 256 g/mol. The lowest BCUT2D eigenvalue weighted by Crippen LogP contribution is -2.33. The van der Waals surface area contributed by atoms with E-state index in [9.17, 15) is 5.11 Å². The fourth-order valence-electron chi connectivity index (χ4n) is 2.25. The first-order valence-electron chi connectivity index (χ1n) is 5.93. The van der Waals surface area contributed by atoms with Crippen molar-refractivity contribution in [1.29, 1.82) is 0 Å². The van der Waals surface area contributed by atoms with Crippen LogP contribution in [0.2, 0.25) is 5.02 Å². The van der Waals surface area contributed by atoms with Gasteiger partial charge in [0, 0.05) is 12.2 Å². The average Bonchev–Trinajstić information content (AvgIpc) is 2.74. The molecular weight excluding hydrogens is 238 g/mol. The third-order valence-corrected chi connectivity index (χ3v) is 3.60. The van der Waals surface area contributed by atoms with Crippen LogP contribution in [0.25, 0.3) is 0 Å². The second kappa shape index (κ2) is 5.15. The van der Waals surface area contributed by atoms with Crippen LogP contribution < -0.4 is 10.1 Å². The van der Waals surface area contributed by atoms with Gasteiger partial charge in [-0.05, 0) is 31.0 Å². The van der Waals surface area contributed by atoms with Gasteiger partial charge in [-0.3, -0.25) is 0 Å². The molecule has 0 bridgehead atoms. The normalized spacial score (nSPS) is 18.1. The Morgan fingerprint density at radius 3 is 2.71 bits per heavy atom. The third-order valence-electron chi connectivity index (χ3n) is 3.31. The highest BCUT2D eigenvalue weighted by atomic mass is 35.5. The number of methoxy groups -OCH3 is 1. The van der Waals surface area contributed by atoms with Crippen molar-refractivity contribution in [2.75, 3.05) is 19.0 Å². The molecule has 1 fully saturated rings. The predicted octanol–water partition coefficient (Wildman–Crippen LogP) is 3.07. The molecule has 17 heavy (non-hydrogen) atoms. The summed E-state index contributed by atoms with van der Waals surface area (Å²) in [6.07, 6.45) is 3.98. The van der Waals surface area contributed by atoms with Gasteiger partial charge in [-0.25, -0.2) is 0 Å². The largest absolute Gasteiger partial charge is 0.495 e. The molecule has 0 aromatic heterocycles. The monoisotopic (exact) mass is 255 g/mol. The van der Waals surface area contributed by atoms with Crippen molar-refractivity contribution in [3.05, 3.63) is 23.2 Å². The van der Waals surface area contributed by atoms with Gasteiger partial charge in [0.15, 0.2) is 0 Å². The van der Waals surface area contributed by atoms with E-state index in [-0.39, 0.29) is 0 Å². The molecule has 0 heterocycles. The van der Waals surface area contributed by atoms with E-state index in [1.807, 2.05) is 18.2 Å². The van der Waals surface area contributed by atoms with Gasteiger partial charge < -0.3 is 15.2 Å². The molecule has 0 atom stereocenters. The summed E-state index contributed by atoms with van der Waals surface area (Å²) in [6.45, 7) is 0.579. The second-order valence-electron chi connectivity index (χ2n) is 4.63. The molecule has 2 rings (SSSR count). The first-order chi connectivity index (χ1) is 8.13. The summed E-state index contributed by atoms with van der Waals surface area (Å²) in [5, 5.41) is 14.0. The maximum Gasteiger partial charge on any atom is 0.137 e. The molecule has 0 aliphatic heterocycles. The van der Waals surface area contributed by atoms with E-state index >= 15 is 0 Å². The van der Waals surface area contributed by atoms with E-state index in [1.165, 1.54) is 0 Å². The van der Waals surface area contributed by atoms with E-state index in [0.29, 0.717) is 17.3 Å². The minimum Gasteiger partial charge on any atom is -0.495 e. The Balaban J connectivity index is 1.97. The zero-order valence-corrected chi connectivity index (χ0v) is 10.8. The summed E-state index contributed by atoms with van der Waals surface area (Å²) in [4.78, 5) is 0. The standard InChI is InChI=1S/C13H18ClNO2/c1-17-12-5-4-10(8-11(12)14)15-9-13(16)6-2-3-7-13/h4-5,8,15-16H,2-3,6-7,9H2,1H3. The Morgan fingerprint density at radius 1 is 1.41 bits per heavy atom. The maximum atomic E-state index is 10.2. The first kappa shape index (κ1) is 12.5. The molecule has 1 aromatic rings. The van der Waals surface area contributed by atoms with E-state index in [2.05, 4.69) is 5.32 Å². The van der Waals surface area contributed by atoms with Crippen molar-refractivity contribution in [2.24, 2.45) is 0 Å². The number of anilines is 1. The first-order valence-corrected chi connectivity index (χ1v) is 6.31. The molecule has 1 aliphatic rings. The maximum absolute atomic E-state index is 10.2. The molecule has 0 saturated heterocycles. The van der Waals surface area contributed by atoms with Crippen LogP contribution in [0.15, 0.2) is 18.2 Å². The van der Waals surface area contributed by atoms with Crippen molar-refractivity contribution < 1.29 is 9.84 Å². The van der Waals surface area contributed by atoms with Crippen LogP contribution in [0, 0.1) is 0 Å². The van der Waals surface area contributed by atoms with Gasteiger partial charge >= 0.3 is 0 Å². The zero-order chi connectivity index (χ0) is 12.3. The van der Waals surface area contributed by atoms with Crippen LogP contribution >= 0.6 is 11.6 Å². The highest BCUT2D eigenvalue weighted by Gasteiger charge is 2.30. The van der Waals surface area contributed by atoms with Gasteiger partial charge in [0.2, 0.25) is 0 Å². The minimum absolute atomic E-state index is 0.549. The Morgan fingerprint density at radius 2 is 2.12 bits per heavy atom. The number of aliphatic hydroxyl groups is 1. The smallest absolute Gasteiger partial charge is 0.137 e.